The summed E-state index contributed by atoms with van der Waals surface area (Å²) in [6.45, 7) is 5.19. The van der Waals surface area contributed by atoms with Gasteiger partial charge in [0.25, 0.3) is 0 Å². The largest absolute Gasteiger partial charge is 0.444 e. The van der Waals surface area contributed by atoms with Crippen LogP contribution in [-0.2, 0) is 9.53 Å². The Morgan fingerprint density at radius 2 is 2.00 bits per heavy atom. The molecule has 0 rings (SSSR count). The van der Waals surface area contributed by atoms with Crippen molar-refractivity contribution in [3.63, 3.8) is 0 Å². The van der Waals surface area contributed by atoms with E-state index in [-0.39, 0.29) is 12.3 Å². The smallest absolute Gasteiger partial charge is 0.408 e. The zero-order chi connectivity index (χ0) is 12.1. The van der Waals surface area contributed by atoms with Gasteiger partial charge in [0.1, 0.15) is 11.6 Å². The predicted octanol–water partition coefficient (Wildman–Crippen LogP) is 0.994. The fourth-order valence-electron chi connectivity index (χ4n) is 0.844. The average molecular weight is 237 g/mol. The van der Waals surface area contributed by atoms with Gasteiger partial charge in [-0.3, -0.25) is 4.79 Å². The average Bonchev–Trinajstić information content (AvgIpc) is 1.99. The lowest BCUT2D eigenvalue weighted by atomic mass is 10.2. The molecular formula is C9H17ClN2O3. The molecule has 88 valence electrons. The Kier molecular flexibility index (Phi) is 5.43. The van der Waals surface area contributed by atoms with Gasteiger partial charge in [-0.25, -0.2) is 4.79 Å². The zero-order valence-electron chi connectivity index (χ0n) is 9.17. The van der Waals surface area contributed by atoms with Crippen molar-refractivity contribution < 1.29 is 14.3 Å². The topological polar surface area (TPSA) is 81.4 Å². The lowest BCUT2D eigenvalue weighted by Crippen LogP contribution is -2.46. The summed E-state index contributed by atoms with van der Waals surface area (Å²) in [5.41, 5.74) is 4.46. The Balaban J connectivity index is 4.18. The third-order valence-electron chi connectivity index (χ3n) is 1.43. The lowest BCUT2D eigenvalue weighted by Gasteiger charge is -2.21. The number of halogens is 1. The van der Waals surface area contributed by atoms with E-state index in [0.717, 1.165) is 0 Å². The first-order chi connectivity index (χ1) is 6.76. The Labute approximate surface area is 94.3 Å². The molecule has 0 unspecified atom stereocenters. The van der Waals surface area contributed by atoms with Crippen LogP contribution in [0.2, 0.25) is 0 Å². The van der Waals surface area contributed by atoms with E-state index in [2.05, 4.69) is 5.32 Å². The van der Waals surface area contributed by atoms with Crippen molar-refractivity contribution in [2.24, 2.45) is 5.73 Å². The molecule has 0 aliphatic rings. The van der Waals surface area contributed by atoms with Gasteiger partial charge in [-0.15, -0.1) is 11.6 Å². The second kappa shape index (κ2) is 5.80. The molecule has 0 fully saturated rings. The first-order valence-corrected chi connectivity index (χ1v) is 5.14. The molecule has 0 aromatic heterocycles. The number of alkyl carbamates (subject to hydrolysis) is 1. The SMILES string of the molecule is CC(C)(C)OC(=O)N[C@@H](CCCl)C(N)=O. The molecule has 0 radical (unpaired) electrons. The molecule has 0 aliphatic carbocycles. The van der Waals surface area contributed by atoms with Crippen LogP contribution in [0.4, 0.5) is 4.79 Å². The maximum Gasteiger partial charge on any atom is 0.408 e. The number of nitrogens with two attached hydrogens (primary N) is 1. The van der Waals surface area contributed by atoms with E-state index < -0.39 is 23.6 Å². The van der Waals surface area contributed by atoms with Crippen LogP contribution in [0.15, 0.2) is 0 Å². The minimum Gasteiger partial charge on any atom is -0.444 e. The fourth-order valence-corrected chi connectivity index (χ4v) is 1.06. The van der Waals surface area contributed by atoms with Gasteiger partial charge in [0.2, 0.25) is 5.91 Å². The lowest BCUT2D eigenvalue weighted by molar-refractivity contribution is -0.120. The van der Waals surface area contributed by atoms with E-state index in [9.17, 15) is 9.59 Å². The Morgan fingerprint density at radius 1 is 1.47 bits per heavy atom. The Bertz CT molecular complexity index is 238. The van der Waals surface area contributed by atoms with E-state index in [1.54, 1.807) is 20.8 Å². The molecule has 0 saturated heterocycles. The number of amides is 2. The maximum absolute atomic E-state index is 11.3. The minimum absolute atomic E-state index is 0.239. The van der Waals surface area contributed by atoms with Crippen LogP contribution in [0.25, 0.3) is 0 Å². The maximum atomic E-state index is 11.3. The van der Waals surface area contributed by atoms with Crippen LogP contribution in [0, 0.1) is 0 Å². The highest BCUT2D eigenvalue weighted by Gasteiger charge is 2.21. The Hall–Kier alpha value is -0.970. The first-order valence-electron chi connectivity index (χ1n) is 4.61. The van der Waals surface area contributed by atoms with E-state index in [0.29, 0.717) is 0 Å². The van der Waals surface area contributed by atoms with Gasteiger partial charge in [0.05, 0.1) is 0 Å². The number of ether oxygens (including phenoxy) is 1. The fraction of sp³-hybridized carbons (Fsp3) is 0.778. The molecule has 3 N–H and O–H groups in total. The number of primary amides is 1. The summed E-state index contributed by atoms with van der Waals surface area (Å²) in [4.78, 5) is 22.1. The van der Waals surface area contributed by atoms with Crippen LogP contribution in [0.3, 0.4) is 0 Å². The van der Waals surface area contributed by atoms with E-state index in [1.807, 2.05) is 0 Å². The van der Waals surface area contributed by atoms with Crippen LogP contribution in [-0.4, -0.2) is 29.5 Å². The van der Waals surface area contributed by atoms with Crippen LogP contribution in [0.1, 0.15) is 27.2 Å². The van der Waals surface area contributed by atoms with Crippen LogP contribution < -0.4 is 11.1 Å². The number of hydrogen-bond donors (Lipinski definition) is 2. The van der Waals surface area contributed by atoms with E-state index >= 15 is 0 Å². The second-order valence-electron chi connectivity index (χ2n) is 4.08. The normalized spacial score (nSPS) is 13.1. The molecule has 1 atom stereocenters. The molecule has 0 aromatic carbocycles. The number of nitrogens with one attached hydrogen (secondary N) is 1. The van der Waals surface area contributed by atoms with Gasteiger partial charge in [-0.2, -0.15) is 0 Å². The number of alkyl halides is 1. The summed E-state index contributed by atoms with van der Waals surface area (Å²) in [5.74, 6) is -0.384. The molecule has 0 spiro atoms. The summed E-state index contributed by atoms with van der Waals surface area (Å²) < 4.78 is 4.96. The van der Waals surface area contributed by atoms with Gasteiger partial charge in [0, 0.05) is 5.88 Å². The van der Waals surface area contributed by atoms with Crippen molar-refractivity contribution in [3.05, 3.63) is 0 Å². The van der Waals surface area contributed by atoms with Crippen molar-refractivity contribution in [2.75, 3.05) is 5.88 Å². The molecule has 15 heavy (non-hydrogen) atoms. The zero-order valence-corrected chi connectivity index (χ0v) is 9.93. The van der Waals surface area contributed by atoms with Gasteiger partial charge >= 0.3 is 6.09 Å². The molecule has 0 aromatic rings. The molecule has 5 nitrogen and oxygen atoms in total. The number of carbonyl (C=O) groups excluding carboxylic acids is 2. The van der Waals surface area contributed by atoms with Gasteiger partial charge in [-0.05, 0) is 27.2 Å². The van der Waals surface area contributed by atoms with Gasteiger partial charge in [-0.1, -0.05) is 0 Å². The summed E-state index contributed by atoms with van der Waals surface area (Å²) in [6, 6.07) is -0.780. The standard InChI is InChI=1S/C9H17ClN2O3/c1-9(2,3)15-8(14)12-6(4-5-10)7(11)13/h6H,4-5H2,1-3H3,(H2,11,13)(H,12,14)/t6-/m0/s1. The molecule has 0 aliphatic heterocycles. The van der Waals surface area contributed by atoms with E-state index in [1.165, 1.54) is 0 Å². The van der Waals surface area contributed by atoms with Crippen molar-refractivity contribution in [1.29, 1.82) is 0 Å². The highest BCUT2D eigenvalue weighted by atomic mass is 35.5. The predicted molar refractivity (Wildman–Crippen MR) is 57.7 cm³/mol. The van der Waals surface area contributed by atoms with Crippen molar-refractivity contribution >= 4 is 23.6 Å². The molecule has 0 saturated carbocycles. The molecule has 0 heterocycles. The third-order valence-corrected chi connectivity index (χ3v) is 1.65. The summed E-state index contributed by atoms with van der Waals surface area (Å²) in [5, 5.41) is 2.35. The van der Waals surface area contributed by atoms with Crippen LogP contribution in [0.5, 0.6) is 0 Å². The number of carbonyl (C=O) groups is 2. The van der Waals surface area contributed by atoms with Gasteiger partial charge in [0.15, 0.2) is 0 Å². The number of rotatable bonds is 4. The Morgan fingerprint density at radius 3 is 2.33 bits per heavy atom. The highest BCUT2D eigenvalue weighted by molar-refractivity contribution is 6.18. The van der Waals surface area contributed by atoms with E-state index in [4.69, 9.17) is 22.1 Å². The quantitative estimate of drug-likeness (QED) is 0.715. The van der Waals surface area contributed by atoms with Crippen molar-refractivity contribution in [3.8, 4) is 0 Å². The number of hydrogen-bond acceptors (Lipinski definition) is 3. The van der Waals surface area contributed by atoms with Crippen LogP contribution >= 0.6 is 11.6 Å². The minimum atomic E-state index is -0.780. The molecule has 6 heteroatoms. The molecule has 2 amide bonds. The van der Waals surface area contributed by atoms with Crippen molar-refractivity contribution in [2.45, 2.75) is 38.8 Å². The third kappa shape index (κ3) is 7.02. The van der Waals surface area contributed by atoms with Crippen molar-refractivity contribution in [1.82, 2.24) is 5.32 Å². The summed E-state index contributed by atoms with van der Waals surface area (Å²) in [7, 11) is 0. The molecular weight excluding hydrogens is 220 g/mol. The highest BCUT2D eigenvalue weighted by Crippen LogP contribution is 2.07. The summed E-state index contributed by atoms with van der Waals surface area (Å²) >= 11 is 5.46. The second-order valence-corrected chi connectivity index (χ2v) is 4.46. The monoisotopic (exact) mass is 236 g/mol. The summed E-state index contributed by atoms with van der Waals surface area (Å²) in [6.07, 6.45) is -0.382. The first kappa shape index (κ1) is 14.0. The van der Waals surface area contributed by atoms with Gasteiger partial charge < -0.3 is 15.8 Å². The molecule has 0 bridgehead atoms.